The Kier molecular flexibility index (Phi) is 6.15. The van der Waals surface area contributed by atoms with Gasteiger partial charge in [-0.05, 0) is 61.4 Å². The fraction of sp³-hybridized carbons (Fsp3) is 0.227. The molecule has 1 fully saturated rings. The highest BCUT2D eigenvalue weighted by atomic mass is 32.2. The first-order chi connectivity index (χ1) is 14.6. The third-order valence-electron chi connectivity index (χ3n) is 4.87. The fourth-order valence-corrected chi connectivity index (χ4v) is 4.69. The minimum atomic E-state index is -3.47. The van der Waals surface area contributed by atoms with Gasteiger partial charge in [-0.1, -0.05) is 24.6 Å². The van der Waals surface area contributed by atoms with Gasteiger partial charge in [-0.3, -0.25) is 0 Å². The first-order valence-electron chi connectivity index (χ1n) is 9.91. The second-order valence-corrected chi connectivity index (χ2v) is 8.99. The van der Waals surface area contributed by atoms with E-state index in [0.717, 1.165) is 36.3 Å². The Hall–Kier alpha value is -3.10. The molecule has 7 nitrogen and oxygen atoms in total. The monoisotopic (exact) mass is 421 g/mol. The van der Waals surface area contributed by atoms with E-state index < -0.39 is 10.0 Å². The summed E-state index contributed by atoms with van der Waals surface area (Å²) in [5.41, 5.74) is 2.36. The van der Waals surface area contributed by atoms with Crippen LogP contribution < -0.4 is 5.32 Å². The second-order valence-electron chi connectivity index (χ2n) is 7.05. The normalized spacial score (nSPS) is 15.3. The molecular formula is C22H23N5O2S. The first-order valence-corrected chi connectivity index (χ1v) is 11.4. The highest BCUT2D eigenvalue weighted by Gasteiger charge is 2.26. The van der Waals surface area contributed by atoms with Crippen LogP contribution in [0, 0.1) is 0 Å². The summed E-state index contributed by atoms with van der Waals surface area (Å²) in [6, 6.07) is 20.3. The van der Waals surface area contributed by atoms with E-state index in [1.54, 1.807) is 16.4 Å². The quantitative estimate of drug-likeness (QED) is 0.539. The van der Waals surface area contributed by atoms with E-state index in [9.17, 15) is 8.42 Å². The molecule has 3 aromatic rings. The van der Waals surface area contributed by atoms with Crippen molar-refractivity contribution in [2.45, 2.75) is 24.2 Å². The lowest BCUT2D eigenvalue weighted by Crippen LogP contribution is -2.35. The largest absolute Gasteiger partial charge is 0.340 e. The van der Waals surface area contributed by atoms with Gasteiger partial charge in [0.05, 0.1) is 11.4 Å². The summed E-state index contributed by atoms with van der Waals surface area (Å²) in [7, 11) is -3.47. The van der Waals surface area contributed by atoms with E-state index in [4.69, 9.17) is 0 Å². The van der Waals surface area contributed by atoms with Gasteiger partial charge in [-0.2, -0.15) is 14.5 Å². The van der Waals surface area contributed by atoms with Gasteiger partial charge in [-0.25, -0.2) is 13.4 Å². The molecule has 8 heteroatoms. The smallest absolute Gasteiger partial charge is 0.244 e. The van der Waals surface area contributed by atoms with E-state index in [-0.39, 0.29) is 4.90 Å². The van der Waals surface area contributed by atoms with Crippen LogP contribution in [0.1, 0.15) is 19.3 Å². The van der Waals surface area contributed by atoms with Crippen molar-refractivity contribution in [3.05, 3.63) is 72.9 Å². The Morgan fingerprint density at radius 1 is 0.800 bits per heavy atom. The number of hydrogen-bond acceptors (Lipinski definition) is 6. The van der Waals surface area contributed by atoms with Gasteiger partial charge in [0, 0.05) is 25.0 Å². The lowest BCUT2D eigenvalue weighted by Gasteiger charge is -2.25. The standard InChI is InChI=1S/C22H23N5O2S/c28-30(29,27-15-5-2-6-16-27)21-13-14-22(23-17-21)24-18-9-11-20(12-10-18)26-25-19-7-3-1-4-8-19/h1,3-4,7-14,17H,2,5-6,15-16H2,(H,23,24). The molecule has 0 bridgehead atoms. The average molecular weight is 422 g/mol. The number of hydrogen-bond donors (Lipinski definition) is 1. The van der Waals surface area contributed by atoms with Gasteiger partial charge >= 0.3 is 0 Å². The molecule has 0 aliphatic carbocycles. The van der Waals surface area contributed by atoms with Crippen LogP contribution in [-0.4, -0.2) is 30.8 Å². The van der Waals surface area contributed by atoms with Crippen molar-refractivity contribution < 1.29 is 8.42 Å². The van der Waals surface area contributed by atoms with E-state index in [1.165, 1.54) is 6.20 Å². The number of rotatable bonds is 6. The molecule has 154 valence electrons. The van der Waals surface area contributed by atoms with Crippen molar-refractivity contribution in [1.29, 1.82) is 0 Å². The molecule has 4 rings (SSSR count). The fourth-order valence-electron chi connectivity index (χ4n) is 3.23. The number of anilines is 2. The average Bonchev–Trinajstić information content (AvgIpc) is 2.80. The van der Waals surface area contributed by atoms with Gasteiger partial charge in [0.15, 0.2) is 0 Å². The van der Waals surface area contributed by atoms with Crippen LogP contribution in [0.3, 0.4) is 0 Å². The van der Waals surface area contributed by atoms with E-state index in [0.29, 0.717) is 18.9 Å². The molecule has 1 N–H and O–H groups in total. The Bertz CT molecular complexity index is 1090. The molecular weight excluding hydrogens is 398 g/mol. The Labute approximate surface area is 176 Å². The van der Waals surface area contributed by atoms with Crippen LogP contribution in [0.2, 0.25) is 0 Å². The predicted octanol–water partition coefficient (Wildman–Crippen LogP) is 5.42. The molecule has 1 saturated heterocycles. The van der Waals surface area contributed by atoms with Gasteiger partial charge in [0.25, 0.3) is 0 Å². The van der Waals surface area contributed by atoms with Crippen molar-refractivity contribution in [2.24, 2.45) is 10.2 Å². The molecule has 0 spiro atoms. The van der Waals surface area contributed by atoms with Crippen LogP contribution in [0.25, 0.3) is 0 Å². The Morgan fingerprint density at radius 3 is 2.10 bits per heavy atom. The summed E-state index contributed by atoms with van der Waals surface area (Å²) >= 11 is 0. The maximum Gasteiger partial charge on any atom is 0.244 e. The lowest BCUT2D eigenvalue weighted by atomic mass is 10.2. The number of piperidine rings is 1. The van der Waals surface area contributed by atoms with Crippen LogP contribution in [-0.2, 0) is 10.0 Å². The third kappa shape index (κ3) is 4.90. The SMILES string of the molecule is O=S(=O)(c1ccc(Nc2ccc(N=Nc3ccccc3)cc2)nc1)N1CCCCC1. The molecule has 2 aromatic carbocycles. The number of azo groups is 1. The number of nitrogens with one attached hydrogen (secondary N) is 1. The number of pyridine rings is 1. The molecule has 1 aliphatic heterocycles. The zero-order valence-corrected chi connectivity index (χ0v) is 17.3. The third-order valence-corrected chi connectivity index (χ3v) is 6.75. The molecule has 30 heavy (non-hydrogen) atoms. The minimum absolute atomic E-state index is 0.228. The summed E-state index contributed by atoms with van der Waals surface area (Å²) < 4.78 is 27.0. The Morgan fingerprint density at radius 2 is 1.47 bits per heavy atom. The summed E-state index contributed by atoms with van der Waals surface area (Å²) in [6.45, 7) is 1.16. The van der Waals surface area contributed by atoms with Crippen molar-refractivity contribution in [3.8, 4) is 0 Å². The summed E-state index contributed by atoms with van der Waals surface area (Å²) in [5.74, 6) is 0.575. The number of sulfonamides is 1. The van der Waals surface area contributed by atoms with Crippen molar-refractivity contribution >= 4 is 32.9 Å². The molecule has 0 saturated carbocycles. The highest BCUT2D eigenvalue weighted by Crippen LogP contribution is 2.24. The molecule has 0 atom stereocenters. The Balaban J connectivity index is 1.40. The van der Waals surface area contributed by atoms with Gasteiger partial charge in [0.2, 0.25) is 10.0 Å². The maximum absolute atomic E-state index is 12.7. The van der Waals surface area contributed by atoms with Crippen molar-refractivity contribution in [3.63, 3.8) is 0 Å². The summed E-state index contributed by atoms with van der Waals surface area (Å²) in [4.78, 5) is 4.50. The topological polar surface area (TPSA) is 87.0 Å². The molecule has 2 heterocycles. The van der Waals surface area contributed by atoms with Crippen molar-refractivity contribution in [2.75, 3.05) is 18.4 Å². The van der Waals surface area contributed by atoms with Crippen LogP contribution >= 0.6 is 0 Å². The highest BCUT2D eigenvalue weighted by molar-refractivity contribution is 7.89. The minimum Gasteiger partial charge on any atom is -0.340 e. The number of nitrogens with zero attached hydrogens (tertiary/aromatic N) is 4. The van der Waals surface area contributed by atoms with Gasteiger partial charge in [-0.15, -0.1) is 0 Å². The zero-order valence-electron chi connectivity index (χ0n) is 16.5. The molecule has 0 unspecified atom stereocenters. The lowest BCUT2D eigenvalue weighted by molar-refractivity contribution is 0.346. The summed E-state index contributed by atoms with van der Waals surface area (Å²) in [6.07, 6.45) is 4.31. The number of aromatic nitrogens is 1. The number of benzene rings is 2. The van der Waals surface area contributed by atoms with Crippen LogP contribution in [0.4, 0.5) is 22.9 Å². The zero-order chi connectivity index (χ0) is 20.8. The molecule has 0 radical (unpaired) electrons. The molecule has 0 amide bonds. The molecule has 1 aromatic heterocycles. The van der Waals surface area contributed by atoms with Crippen LogP contribution in [0.5, 0.6) is 0 Å². The van der Waals surface area contributed by atoms with Crippen molar-refractivity contribution in [1.82, 2.24) is 9.29 Å². The second kappa shape index (κ2) is 9.15. The summed E-state index contributed by atoms with van der Waals surface area (Å²) in [5, 5.41) is 11.6. The van der Waals surface area contributed by atoms with E-state index in [2.05, 4.69) is 20.5 Å². The van der Waals surface area contributed by atoms with Crippen LogP contribution in [0.15, 0.2) is 88.1 Å². The van der Waals surface area contributed by atoms with E-state index in [1.807, 2.05) is 54.6 Å². The molecule has 1 aliphatic rings. The van der Waals surface area contributed by atoms with E-state index >= 15 is 0 Å². The predicted molar refractivity (Wildman–Crippen MR) is 117 cm³/mol. The van der Waals surface area contributed by atoms with Gasteiger partial charge in [0.1, 0.15) is 10.7 Å². The first kappa shape index (κ1) is 20.2. The van der Waals surface area contributed by atoms with Gasteiger partial charge < -0.3 is 5.32 Å². The maximum atomic E-state index is 12.7.